The van der Waals surface area contributed by atoms with E-state index in [1.54, 1.807) is 6.92 Å². The number of ether oxygens (including phenoxy) is 1. The van der Waals surface area contributed by atoms with Gasteiger partial charge in [0.15, 0.2) is 0 Å². The van der Waals surface area contributed by atoms with Gasteiger partial charge < -0.3 is 15.5 Å². The number of hydrogen-bond donors (Lipinski definition) is 2. The van der Waals surface area contributed by atoms with E-state index in [4.69, 9.17) is 10.5 Å². The molecular formula is C9H15N3O2. The summed E-state index contributed by atoms with van der Waals surface area (Å²) >= 11 is 0. The van der Waals surface area contributed by atoms with E-state index in [9.17, 15) is 4.79 Å². The molecule has 0 aliphatic heterocycles. The molecule has 14 heavy (non-hydrogen) atoms. The summed E-state index contributed by atoms with van der Waals surface area (Å²) < 4.78 is 5.14. The van der Waals surface area contributed by atoms with Crippen molar-refractivity contribution in [1.29, 1.82) is 0 Å². The fraction of sp³-hybridized carbons (Fsp3) is 0.556. The second-order valence-electron chi connectivity index (χ2n) is 2.97. The molecule has 0 spiro atoms. The average Bonchev–Trinajstić information content (AvgIpc) is 2.14. The predicted molar refractivity (Wildman–Crippen MR) is 54.2 cm³/mol. The van der Waals surface area contributed by atoms with Gasteiger partial charge in [0.05, 0.1) is 12.2 Å². The first-order valence-corrected chi connectivity index (χ1v) is 4.58. The number of nitrogens with one attached hydrogen (secondary N) is 1. The van der Waals surface area contributed by atoms with E-state index in [-0.39, 0.29) is 5.56 Å². The lowest BCUT2D eigenvalue weighted by Crippen LogP contribution is -2.18. The maximum Gasteiger partial charge on any atom is 0.255 e. The topological polar surface area (TPSA) is 81.0 Å². The molecule has 0 amide bonds. The van der Waals surface area contributed by atoms with Crippen LogP contribution in [0.3, 0.4) is 0 Å². The largest absolute Gasteiger partial charge is 0.383 e. The van der Waals surface area contributed by atoms with E-state index < -0.39 is 0 Å². The first-order chi connectivity index (χ1) is 6.65. The highest BCUT2D eigenvalue weighted by molar-refractivity contribution is 5.36. The first-order valence-electron chi connectivity index (χ1n) is 4.58. The maximum atomic E-state index is 11.3. The van der Waals surface area contributed by atoms with Gasteiger partial charge in [-0.2, -0.15) is 0 Å². The predicted octanol–water partition coefficient (Wildman–Crippen LogP) is 0.240. The number of aromatic amines is 1. The van der Waals surface area contributed by atoms with Crippen LogP contribution in [0, 0.1) is 6.92 Å². The van der Waals surface area contributed by atoms with Crippen LogP contribution < -0.4 is 11.3 Å². The van der Waals surface area contributed by atoms with Crippen LogP contribution in [0.25, 0.3) is 0 Å². The monoisotopic (exact) mass is 197 g/mol. The SMILES string of the molecule is CCOCCc1nc(N)c(C)c(=O)[nH]1. The number of nitrogen functional groups attached to an aromatic ring is 1. The molecule has 0 saturated carbocycles. The Morgan fingerprint density at radius 2 is 2.29 bits per heavy atom. The van der Waals surface area contributed by atoms with E-state index in [1.807, 2.05) is 6.92 Å². The van der Waals surface area contributed by atoms with Gasteiger partial charge in [-0.05, 0) is 13.8 Å². The number of rotatable bonds is 4. The van der Waals surface area contributed by atoms with Crippen LogP contribution in [0.1, 0.15) is 18.3 Å². The Morgan fingerprint density at radius 1 is 1.57 bits per heavy atom. The smallest absolute Gasteiger partial charge is 0.255 e. The van der Waals surface area contributed by atoms with Crippen LogP contribution in [-0.2, 0) is 11.2 Å². The van der Waals surface area contributed by atoms with Gasteiger partial charge >= 0.3 is 0 Å². The van der Waals surface area contributed by atoms with Crippen molar-refractivity contribution >= 4 is 5.82 Å². The van der Waals surface area contributed by atoms with Gasteiger partial charge in [-0.15, -0.1) is 0 Å². The zero-order valence-corrected chi connectivity index (χ0v) is 8.46. The fourth-order valence-electron chi connectivity index (χ4n) is 1.03. The zero-order chi connectivity index (χ0) is 10.6. The highest BCUT2D eigenvalue weighted by atomic mass is 16.5. The Kier molecular flexibility index (Phi) is 3.64. The molecule has 0 unspecified atom stereocenters. The van der Waals surface area contributed by atoms with Crippen molar-refractivity contribution < 1.29 is 4.74 Å². The van der Waals surface area contributed by atoms with Gasteiger partial charge in [0.1, 0.15) is 11.6 Å². The lowest BCUT2D eigenvalue weighted by atomic mass is 10.3. The number of hydrogen-bond acceptors (Lipinski definition) is 4. The van der Waals surface area contributed by atoms with Gasteiger partial charge in [-0.3, -0.25) is 4.79 Å². The Labute approximate surface area is 82.3 Å². The third-order valence-corrected chi connectivity index (χ3v) is 1.93. The lowest BCUT2D eigenvalue weighted by molar-refractivity contribution is 0.149. The molecule has 3 N–H and O–H groups in total. The molecular weight excluding hydrogens is 182 g/mol. The molecule has 0 fully saturated rings. The molecule has 0 saturated heterocycles. The average molecular weight is 197 g/mol. The van der Waals surface area contributed by atoms with Crippen LogP contribution in [0.4, 0.5) is 5.82 Å². The summed E-state index contributed by atoms with van der Waals surface area (Å²) in [6.45, 7) is 4.76. The second-order valence-corrected chi connectivity index (χ2v) is 2.97. The van der Waals surface area contributed by atoms with Gasteiger partial charge in [-0.1, -0.05) is 0 Å². The lowest BCUT2D eigenvalue weighted by Gasteiger charge is -2.03. The summed E-state index contributed by atoms with van der Waals surface area (Å²) in [5.74, 6) is 0.867. The minimum absolute atomic E-state index is 0.177. The Bertz CT molecular complexity index is 360. The second kappa shape index (κ2) is 4.76. The molecule has 1 aromatic heterocycles. The summed E-state index contributed by atoms with van der Waals surface area (Å²) in [5.41, 5.74) is 5.84. The molecule has 1 aromatic rings. The summed E-state index contributed by atoms with van der Waals surface area (Å²) in [7, 11) is 0. The number of nitrogens with zero attached hydrogens (tertiary/aromatic N) is 1. The van der Waals surface area contributed by atoms with Gasteiger partial charge in [0.2, 0.25) is 0 Å². The van der Waals surface area contributed by atoms with Crippen molar-refractivity contribution in [2.45, 2.75) is 20.3 Å². The van der Waals surface area contributed by atoms with Crippen molar-refractivity contribution in [2.75, 3.05) is 18.9 Å². The third-order valence-electron chi connectivity index (χ3n) is 1.93. The van der Waals surface area contributed by atoms with E-state index >= 15 is 0 Å². The standard InChI is InChI=1S/C9H15N3O2/c1-3-14-5-4-7-11-8(10)6(2)9(13)12-7/h3-5H2,1-2H3,(H3,10,11,12,13). The number of H-pyrrole nitrogens is 1. The number of aromatic nitrogens is 2. The normalized spacial score (nSPS) is 10.4. The molecule has 1 heterocycles. The molecule has 1 rings (SSSR count). The molecule has 0 aliphatic carbocycles. The third kappa shape index (κ3) is 2.56. The molecule has 0 aliphatic rings. The zero-order valence-electron chi connectivity index (χ0n) is 8.46. The van der Waals surface area contributed by atoms with E-state index in [1.165, 1.54) is 0 Å². The molecule has 0 aromatic carbocycles. The molecule has 5 nitrogen and oxygen atoms in total. The molecule has 0 bridgehead atoms. The van der Waals surface area contributed by atoms with Gasteiger partial charge in [0, 0.05) is 13.0 Å². The van der Waals surface area contributed by atoms with Crippen LogP contribution >= 0.6 is 0 Å². The van der Waals surface area contributed by atoms with E-state index in [2.05, 4.69) is 9.97 Å². The summed E-state index contributed by atoms with van der Waals surface area (Å²) in [4.78, 5) is 18.0. The van der Waals surface area contributed by atoms with Crippen molar-refractivity contribution in [3.05, 3.63) is 21.7 Å². The summed E-state index contributed by atoms with van der Waals surface area (Å²) in [6.07, 6.45) is 0.577. The van der Waals surface area contributed by atoms with Crippen LogP contribution in [0.15, 0.2) is 4.79 Å². The van der Waals surface area contributed by atoms with E-state index in [0.29, 0.717) is 36.8 Å². The Hall–Kier alpha value is -1.36. The molecule has 5 heteroatoms. The highest BCUT2D eigenvalue weighted by Crippen LogP contribution is 2.00. The maximum absolute atomic E-state index is 11.3. The molecule has 78 valence electrons. The van der Waals surface area contributed by atoms with Crippen molar-refractivity contribution in [3.8, 4) is 0 Å². The quantitative estimate of drug-likeness (QED) is 0.677. The van der Waals surface area contributed by atoms with Gasteiger partial charge in [0.25, 0.3) is 5.56 Å². The minimum Gasteiger partial charge on any atom is -0.383 e. The summed E-state index contributed by atoms with van der Waals surface area (Å²) in [5, 5.41) is 0. The van der Waals surface area contributed by atoms with Crippen molar-refractivity contribution in [2.24, 2.45) is 0 Å². The Morgan fingerprint density at radius 3 is 2.86 bits per heavy atom. The first kappa shape index (κ1) is 10.7. The molecule has 0 radical (unpaired) electrons. The van der Waals surface area contributed by atoms with Gasteiger partial charge in [-0.25, -0.2) is 4.98 Å². The highest BCUT2D eigenvalue weighted by Gasteiger charge is 2.03. The summed E-state index contributed by atoms with van der Waals surface area (Å²) in [6, 6.07) is 0. The Balaban J connectivity index is 2.75. The van der Waals surface area contributed by atoms with Crippen LogP contribution in [0.2, 0.25) is 0 Å². The van der Waals surface area contributed by atoms with Crippen LogP contribution in [0.5, 0.6) is 0 Å². The van der Waals surface area contributed by atoms with Crippen LogP contribution in [-0.4, -0.2) is 23.2 Å². The van der Waals surface area contributed by atoms with Crippen molar-refractivity contribution in [1.82, 2.24) is 9.97 Å². The van der Waals surface area contributed by atoms with Crippen molar-refractivity contribution in [3.63, 3.8) is 0 Å². The fourth-order valence-corrected chi connectivity index (χ4v) is 1.03. The number of nitrogens with two attached hydrogens (primary N) is 1. The molecule has 0 atom stereocenters. The van der Waals surface area contributed by atoms with E-state index in [0.717, 1.165) is 0 Å². The minimum atomic E-state index is -0.177. The number of anilines is 1.